The van der Waals surface area contributed by atoms with Gasteiger partial charge < -0.3 is 14.4 Å². The van der Waals surface area contributed by atoms with E-state index < -0.39 is 4.92 Å². The zero-order valence-corrected chi connectivity index (χ0v) is 11.6. The minimum Gasteiger partial charge on any atom is -0.490 e. The summed E-state index contributed by atoms with van der Waals surface area (Å²) >= 11 is 0. The van der Waals surface area contributed by atoms with Crippen LogP contribution in [0.1, 0.15) is 17.0 Å². The Hall–Kier alpha value is -2.34. The topological polar surface area (TPSA) is 77.5 Å². The fourth-order valence-electron chi connectivity index (χ4n) is 2.35. The summed E-state index contributed by atoms with van der Waals surface area (Å²) in [6.45, 7) is 3.70. The van der Waals surface area contributed by atoms with E-state index in [2.05, 4.69) is 0 Å². The molecule has 0 aliphatic carbocycles. The quantitative estimate of drug-likeness (QED) is 0.687. The molecule has 1 heterocycles. The summed E-state index contributed by atoms with van der Waals surface area (Å²) in [6, 6.07) is 6.67. The zero-order chi connectivity index (χ0) is 14.9. The molecule has 1 N–H and O–H groups in total. The predicted octanol–water partition coefficient (Wildman–Crippen LogP) is 2.50. The van der Waals surface area contributed by atoms with Crippen LogP contribution >= 0.6 is 0 Å². The fraction of sp³-hybridized carbons (Fsp3) is 0.286. The van der Waals surface area contributed by atoms with Crippen molar-refractivity contribution < 1.29 is 14.8 Å². The van der Waals surface area contributed by atoms with Crippen LogP contribution in [0.25, 0.3) is 5.69 Å². The molecular formula is C14H16N2O4. The van der Waals surface area contributed by atoms with E-state index in [1.54, 1.807) is 12.1 Å². The number of methoxy groups -OCH3 is 1. The molecule has 0 saturated heterocycles. The maximum Gasteiger partial charge on any atom is 0.312 e. The fourth-order valence-corrected chi connectivity index (χ4v) is 2.35. The van der Waals surface area contributed by atoms with E-state index in [4.69, 9.17) is 4.74 Å². The molecule has 6 heteroatoms. The van der Waals surface area contributed by atoms with E-state index >= 15 is 0 Å². The lowest BCUT2D eigenvalue weighted by molar-refractivity contribution is -0.385. The second kappa shape index (κ2) is 5.34. The highest BCUT2D eigenvalue weighted by molar-refractivity contribution is 5.55. The molecule has 0 fully saturated rings. The van der Waals surface area contributed by atoms with Crippen LogP contribution < -0.4 is 4.74 Å². The summed E-state index contributed by atoms with van der Waals surface area (Å²) in [6.07, 6.45) is 0. The summed E-state index contributed by atoms with van der Waals surface area (Å²) in [7, 11) is 1.40. The number of aliphatic hydroxyl groups excluding tert-OH is 1. The standard InChI is InChI=1S/C14H16N2O4/c1-9-6-11(8-17)10(2)15(9)12-4-5-14(20-3)13(7-12)16(18)19/h4-7,17H,8H2,1-3H3. The van der Waals surface area contributed by atoms with Gasteiger partial charge in [-0.25, -0.2) is 0 Å². The minimum absolute atomic E-state index is 0.0576. The van der Waals surface area contributed by atoms with Gasteiger partial charge in [0.1, 0.15) is 0 Å². The highest BCUT2D eigenvalue weighted by Gasteiger charge is 2.18. The minimum atomic E-state index is -0.469. The average Bonchev–Trinajstić information content (AvgIpc) is 2.72. The van der Waals surface area contributed by atoms with Gasteiger partial charge in [-0.3, -0.25) is 10.1 Å². The van der Waals surface area contributed by atoms with Gasteiger partial charge in [0.25, 0.3) is 0 Å². The van der Waals surface area contributed by atoms with Gasteiger partial charge >= 0.3 is 5.69 Å². The van der Waals surface area contributed by atoms with E-state index in [0.29, 0.717) is 5.69 Å². The lowest BCUT2D eigenvalue weighted by Crippen LogP contribution is -2.02. The van der Waals surface area contributed by atoms with Crippen LogP contribution in [0.2, 0.25) is 0 Å². The molecule has 0 saturated carbocycles. The van der Waals surface area contributed by atoms with Gasteiger partial charge in [-0.1, -0.05) is 0 Å². The maximum atomic E-state index is 11.1. The molecule has 6 nitrogen and oxygen atoms in total. The van der Waals surface area contributed by atoms with Crippen LogP contribution in [0.3, 0.4) is 0 Å². The Labute approximate surface area is 116 Å². The number of aromatic nitrogens is 1. The van der Waals surface area contributed by atoms with Crippen LogP contribution in [0, 0.1) is 24.0 Å². The number of nitro benzene ring substituents is 1. The maximum absolute atomic E-state index is 11.1. The van der Waals surface area contributed by atoms with Crippen molar-refractivity contribution in [1.29, 1.82) is 0 Å². The summed E-state index contributed by atoms with van der Waals surface area (Å²) in [5, 5.41) is 20.4. The van der Waals surface area contributed by atoms with E-state index in [1.807, 2.05) is 24.5 Å². The molecule has 20 heavy (non-hydrogen) atoms. The third kappa shape index (κ3) is 2.25. The van der Waals surface area contributed by atoms with Gasteiger partial charge in [-0.05, 0) is 37.6 Å². The Morgan fingerprint density at radius 1 is 1.35 bits per heavy atom. The molecular weight excluding hydrogens is 260 g/mol. The molecule has 0 unspecified atom stereocenters. The number of ether oxygens (including phenoxy) is 1. The molecule has 1 aromatic carbocycles. The van der Waals surface area contributed by atoms with Crippen molar-refractivity contribution in [2.24, 2.45) is 0 Å². The van der Waals surface area contributed by atoms with Gasteiger partial charge in [0.05, 0.1) is 24.3 Å². The highest BCUT2D eigenvalue weighted by atomic mass is 16.6. The molecule has 106 valence electrons. The van der Waals surface area contributed by atoms with Crippen molar-refractivity contribution in [3.63, 3.8) is 0 Å². The highest BCUT2D eigenvalue weighted by Crippen LogP contribution is 2.31. The first-order chi connectivity index (χ1) is 9.49. The first-order valence-electron chi connectivity index (χ1n) is 6.11. The van der Waals surface area contributed by atoms with Crippen LogP contribution in [0.4, 0.5) is 5.69 Å². The Kier molecular flexibility index (Phi) is 3.76. The Morgan fingerprint density at radius 2 is 2.05 bits per heavy atom. The second-order valence-corrected chi connectivity index (χ2v) is 4.50. The van der Waals surface area contributed by atoms with Gasteiger partial charge in [0, 0.05) is 17.5 Å². The third-order valence-corrected chi connectivity index (χ3v) is 3.32. The number of hydrogen-bond acceptors (Lipinski definition) is 4. The molecule has 0 radical (unpaired) electrons. The molecule has 0 spiro atoms. The number of hydrogen-bond donors (Lipinski definition) is 1. The number of benzene rings is 1. The Balaban J connectivity index is 2.62. The Bertz CT molecular complexity index is 661. The van der Waals surface area contributed by atoms with Crippen molar-refractivity contribution in [3.05, 3.63) is 51.3 Å². The summed E-state index contributed by atoms with van der Waals surface area (Å²) in [5.74, 6) is 0.226. The number of aliphatic hydroxyl groups is 1. The van der Waals surface area contributed by atoms with Crippen molar-refractivity contribution in [3.8, 4) is 11.4 Å². The number of aryl methyl sites for hydroxylation is 1. The molecule has 0 amide bonds. The number of nitrogens with zero attached hydrogens (tertiary/aromatic N) is 2. The second-order valence-electron chi connectivity index (χ2n) is 4.50. The number of rotatable bonds is 4. The zero-order valence-electron chi connectivity index (χ0n) is 11.6. The van der Waals surface area contributed by atoms with Crippen LogP contribution in [-0.2, 0) is 6.61 Å². The molecule has 2 aromatic rings. The first kappa shape index (κ1) is 14.1. The summed E-state index contributed by atoms with van der Waals surface area (Å²) < 4.78 is 6.87. The lowest BCUT2D eigenvalue weighted by atomic mass is 10.2. The average molecular weight is 276 g/mol. The van der Waals surface area contributed by atoms with Gasteiger partial charge in [-0.15, -0.1) is 0 Å². The van der Waals surface area contributed by atoms with Crippen molar-refractivity contribution in [2.75, 3.05) is 7.11 Å². The lowest BCUT2D eigenvalue weighted by Gasteiger charge is -2.11. The van der Waals surface area contributed by atoms with E-state index in [1.165, 1.54) is 13.2 Å². The molecule has 0 aliphatic rings. The summed E-state index contributed by atoms with van der Waals surface area (Å²) in [5.41, 5.74) is 3.17. The third-order valence-electron chi connectivity index (χ3n) is 3.32. The van der Waals surface area contributed by atoms with Gasteiger partial charge in [-0.2, -0.15) is 0 Å². The molecule has 2 rings (SSSR count). The van der Waals surface area contributed by atoms with Crippen LogP contribution in [-0.4, -0.2) is 21.7 Å². The molecule has 1 aromatic heterocycles. The first-order valence-corrected chi connectivity index (χ1v) is 6.11. The van der Waals surface area contributed by atoms with Gasteiger partial charge in [0.2, 0.25) is 0 Å². The van der Waals surface area contributed by atoms with Crippen molar-refractivity contribution in [2.45, 2.75) is 20.5 Å². The monoisotopic (exact) mass is 276 g/mol. The Morgan fingerprint density at radius 3 is 2.55 bits per heavy atom. The summed E-state index contributed by atoms with van der Waals surface area (Å²) in [4.78, 5) is 10.6. The molecule has 0 aliphatic heterocycles. The number of nitro groups is 1. The normalized spacial score (nSPS) is 10.6. The van der Waals surface area contributed by atoms with Crippen molar-refractivity contribution >= 4 is 5.69 Å². The molecule has 0 bridgehead atoms. The predicted molar refractivity (Wildman–Crippen MR) is 74.4 cm³/mol. The van der Waals surface area contributed by atoms with Gasteiger partial charge in [0.15, 0.2) is 5.75 Å². The van der Waals surface area contributed by atoms with Crippen LogP contribution in [0.5, 0.6) is 5.75 Å². The largest absolute Gasteiger partial charge is 0.490 e. The molecule has 0 atom stereocenters. The van der Waals surface area contributed by atoms with E-state index in [9.17, 15) is 15.2 Å². The van der Waals surface area contributed by atoms with E-state index in [0.717, 1.165) is 17.0 Å². The van der Waals surface area contributed by atoms with E-state index in [-0.39, 0.29) is 18.0 Å². The smallest absolute Gasteiger partial charge is 0.312 e. The van der Waals surface area contributed by atoms with Crippen LogP contribution in [0.15, 0.2) is 24.3 Å². The SMILES string of the molecule is COc1ccc(-n2c(C)cc(CO)c2C)cc1[N+](=O)[O-]. The van der Waals surface area contributed by atoms with Crippen molar-refractivity contribution in [1.82, 2.24) is 4.57 Å².